The van der Waals surface area contributed by atoms with Crippen LogP contribution in [0.15, 0.2) is 0 Å². The van der Waals surface area contributed by atoms with E-state index in [0.717, 1.165) is 26.0 Å². The minimum Gasteiger partial charge on any atom is -0.396 e. The monoisotopic (exact) mass is 161 g/mol. The van der Waals surface area contributed by atoms with Crippen molar-refractivity contribution >= 4 is 0 Å². The van der Waals surface area contributed by atoms with Gasteiger partial charge in [0.05, 0.1) is 0 Å². The number of methoxy groups -OCH3 is 1. The fourth-order valence-electron chi connectivity index (χ4n) is 1.05. The van der Waals surface area contributed by atoms with Crippen molar-refractivity contribution in [2.24, 2.45) is 0 Å². The number of ether oxygens (including phenoxy) is 1. The van der Waals surface area contributed by atoms with Gasteiger partial charge in [0.25, 0.3) is 0 Å². The summed E-state index contributed by atoms with van der Waals surface area (Å²) in [7, 11) is 1.70. The van der Waals surface area contributed by atoms with Gasteiger partial charge in [-0.2, -0.15) is 0 Å². The normalized spacial score (nSPS) is 13.4. The van der Waals surface area contributed by atoms with Crippen molar-refractivity contribution in [3.8, 4) is 0 Å². The SMILES string of the molecule is CCNC(CCO)CCOC. The Morgan fingerprint density at radius 3 is 2.64 bits per heavy atom. The van der Waals surface area contributed by atoms with Crippen LogP contribution in [0.4, 0.5) is 0 Å². The summed E-state index contributed by atoms with van der Waals surface area (Å²) in [6.07, 6.45) is 1.79. The molecule has 0 fully saturated rings. The van der Waals surface area contributed by atoms with Gasteiger partial charge in [0, 0.05) is 26.4 Å². The van der Waals surface area contributed by atoms with Gasteiger partial charge in [0.2, 0.25) is 0 Å². The van der Waals surface area contributed by atoms with E-state index in [2.05, 4.69) is 12.2 Å². The van der Waals surface area contributed by atoms with E-state index in [1.54, 1.807) is 7.11 Å². The first-order valence-corrected chi connectivity index (χ1v) is 4.18. The molecule has 0 spiro atoms. The minimum atomic E-state index is 0.251. The highest BCUT2D eigenvalue weighted by atomic mass is 16.5. The Bertz CT molecular complexity index is 72.5. The third-order valence-corrected chi connectivity index (χ3v) is 1.64. The van der Waals surface area contributed by atoms with Gasteiger partial charge in [-0.3, -0.25) is 0 Å². The maximum absolute atomic E-state index is 8.68. The van der Waals surface area contributed by atoms with E-state index < -0.39 is 0 Å². The predicted octanol–water partition coefficient (Wildman–Crippen LogP) is 0.383. The van der Waals surface area contributed by atoms with Crippen molar-refractivity contribution in [2.45, 2.75) is 25.8 Å². The van der Waals surface area contributed by atoms with Crippen LogP contribution in [0.5, 0.6) is 0 Å². The molecule has 68 valence electrons. The molecule has 0 aromatic heterocycles. The van der Waals surface area contributed by atoms with Crippen LogP contribution >= 0.6 is 0 Å². The van der Waals surface area contributed by atoms with E-state index in [0.29, 0.717) is 6.04 Å². The molecule has 3 nitrogen and oxygen atoms in total. The lowest BCUT2D eigenvalue weighted by molar-refractivity contribution is 0.173. The second kappa shape index (κ2) is 7.98. The van der Waals surface area contributed by atoms with Crippen molar-refractivity contribution in [3.05, 3.63) is 0 Å². The summed E-state index contributed by atoms with van der Waals surface area (Å²) >= 11 is 0. The Kier molecular flexibility index (Phi) is 7.89. The number of aliphatic hydroxyl groups excluding tert-OH is 1. The van der Waals surface area contributed by atoms with E-state index in [9.17, 15) is 0 Å². The Morgan fingerprint density at radius 2 is 2.18 bits per heavy atom. The molecule has 2 N–H and O–H groups in total. The van der Waals surface area contributed by atoms with Gasteiger partial charge in [-0.05, 0) is 19.4 Å². The fourth-order valence-corrected chi connectivity index (χ4v) is 1.05. The molecule has 0 rings (SSSR count). The summed E-state index contributed by atoms with van der Waals surface area (Å²) in [4.78, 5) is 0. The molecule has 0 aliphatic carbocycles. The molecule has 0 aromatic carbocycles. The molecule has 0 saturated heterocycles. The van der Waals surface area contributed by atoms with Crippen LogP contribution < -0.4 is 5.32 Å². The Morgan fingerprint density at radius 1 is 1.45 bits per heavy atom. The van der Waals surface area contributed by atoms with Crippen LogP contribution in [0.25, 0.3) is 0 Å². The van der Waals surface area contributed by atoms with E-state index in [1.807, 2.05) is 0 Å². The van der Waals surface area contributed by atoms with Gasteiger partial charge < -0.3 is 15.2 Å². The van der Waals surface area contributed by atoms with Crippen molar-refractivity contribution in [2.75, 3.05) is 26.9 Å². The Balaban J connectivity index is 3.34. The Hall–Kier alpha value is -0.120. The molecule has 0 aliphatic rings. The number of hydrogen-bond acceptors (Lipinski definition) is 3. The van der Waals surface area contributed by atoms with Crippen molar-refractivity contribution in [1.82, 2.24) is 5.32 Å². The standard InChI is InChI=1S/C8H19NO2/c1-3-9-8(4-6-10)5-7-11-2/h8-10H,3-7H2,1-2H3. The Labute approximate surface area is 68.8 Å². The lowest BCUT2D eigenvalue weighted by atomic mass is 10.1. The second-order valence-corrected chi connectivity index (χ2v) is 2.55. The summed E-state index contributed by atoms with van der Waals surface area (Å²) in [6.45, 7) is 4.03. The molecule has 0 aromatic rings. The summed E-state index contributed by atoms with van der Waals surface area (Å²) in [5.74, 6) is 0. The molecule has 1 unspecified atom stereocenters. The highest BCUT2D eigenvalue weighted by Crippen LogP contribution is 1.96. The van der Waals surface area contributed by atoms with Gasteiger partial charge in [-0.15, -0.1) is 0 Å². The molecule has 0 amide bonds. The van der Waals surface area contributed by atoms with Crippen molar-refractivity contribution in [1.29, 1.82) is 0 Å². The van der Waals surface area contributed by atoms with Gasteiger partial charge in [-0.1, -0.05) is 6.92 Å². The van der Waals surface area contributed by atoms with Crippen LogP contribution in [-0.4, -0.2) is 38.0 Å². The van der Waals surface area contributed by atoms with Crippen LogP contribution in [-0.2, 0) is 4.74 Å². The topological polar surface area (TPSA) is 41.5 Å². The first-order valence-electron chi connectivity index (χ1n) is 4.18. The van der Waals surface area contributed by atoms with Gasteiger partial charge in [0.15, 0.2) is 0 Å². The van der Waals surface area contributed by atoms with Crippen LogP contribution in [0.3, 0.4) is 0 Å². The van der Waals surface area contributed by atoms with E-state index in [4.69, 9.17) is 9.84 Å². The highest BCUT2D eigenvalue weighted by molar-refractivity contribution is 4.64. The molecular weight excluding hydrogens is 142 g/mol. The summed E-state index contributed by atoms with van der Waals surface area (Å²) < 4.78 is 4.94. The molecule has 11 heavy (non-hydrogen) atoms. The maximum atomic E-state index is 8.68. The van der Waals surface area contributed by atoms with Gasteiger partial charge in [0.1, 0.15) is 0 Å². The fraction of sp³-hybridized carbons (Fsp3) is 1.00. The summed E-state index contributed by atoms with van der Waals surface area (Å²) in [6, 6.07) is 0.407. The molecule has 3 heteroatoms. The molecule has 0 heterocycles. The third-order valence-electron chi connectivity index (χ3n) is 1.64. The zero-order chi connectivity index (χ0) is 8.53. The number of aliphatic hydroxyl groups is 1. The van der Waals surface area contributed by atoms with Crippen LogP contribution in [0, 0.1) is 0 Å². The molecule has 1 atom stereocenters. The van der Waals surface area contributed by atoms with E-state index >= 15 is 0 Å². The molecule has 0 bridgehead atoms. The van der Waals surface area contributed by atoms with Crippen molar-refractivity contribution < 1.29 is 9.84 Å². The lowest BCUT2D eigenvalue weighted by Gasteiger charge is -2.15. The second-order valence-electron chi connectivity index (χ2n) is 2.55. The first-order chi connectivity index (χ1) is 5.35. The van der Waals surface area contributed by atoms with Gasteiger partial charge >= 0.3 is 0 Å². The predicted molar refractivity (Wildman–Crippen MR) is 45.7 cm³/mol. The summed E-state index contributed by atoms with van der Waals surface area (Å²) in [5.41, 5.74) is 0. The smallest absolute Gasteiger partial charge is 0.0477 e. The molecule has 0 saturated carbocycles. The molecular formula is C8H19NO2. The van der Waals surface area contributed by atoms with Gasteiger partial charge in [-0.25, -0.2) is 0 Å². The molecule has 0 aliphatic heterocycles. The average Bonchev–Trinajstić information content (AvgIpc) is 2.01. The number of hydrogen-bond donors (Lipinski definition) is 2. The largest absolute Gasteiger partial charge is 0.396 e. The highest BCUT2D eigenvalue weighted by Gasteiger charge is 2.04. The lowest BCUT2D eigenvalue weighted by Crippen LogP contribution is -2.30. The average molecular weight is 161 g/mol. The van der Waals surface area contributed by atoms with Crippen molar-refractivity contribution in [3.63, 3.8) is 0 Å². The van der Waals surface area contributed by atoms with Crippen LogP contribution in [0.1, 0.15) is 19.8 Å². The van der Waals surface area contributed by atoms with E-state index in [-0.39, 0.29) is 6.61 Å². The number of rotatable bonds is 7. The quantitative estimate of drug-likeness (QED) is 0.567. The minimum absolute atomic E-state index is 0.251. The molecule has 0 radical (unpaired) electrons. The first kappa shape index (κ1) is 10.9. The number of nitrogens with one attached hydrogen (secondary N) is 1. The maximum Gasteiger partial charge on any atom is 0.0477 e. The zero-order valence-electron chi connectivity index (χ0n) is 7.47. The van der Waals surface area contributed by atoms with Crippen LogP contribution in [0.2, 0.25) is 0 Å². The zero-order valence-corrected chi connectivity index (χ0v) is 7.47. The van der Waals surface area contributed by atoms with E-state index in [1.165, 1.54) is 0 Å². The third kappa shape index (κ3) is 6.28. The summed E-state index contributed by atoms with van der Waals surface area (Å²) in [5, 5.41) is 12.0.